The molecule has 6 heteroatoms. The molecule has 1 aromatic heterocycles. The lowest BCUT2D eigenvalue weighted by Crippen LogP contribution is -2.24. The van der Waals surface area contributed by atoms with Gasteiger partial charge < -0.3 is 15.4 Å². The maximum Gasteiger partial charge on any atom is 0.270 e. The third-order valence-electron chi connectivity index (χ3n) is 4.08. The van der Waals surface area contributed by atoms with Gasteiger partial charge in [-0.25, -0.2) is 9.97 Å². The molecule has 3 rings (SSSR count). The van der Waals surface area contributed by atoms with Crippen LogP contribution in [-0.4, -0.2) is 22.5 Å². The van der Waals surface area contributed by atoms with Crippen molar-refractivity contribution in [2.45, 2.75) is 27.3 Å². The molecular formula is C22H24N4O2. The van der Waals surface area contributed by atoms with Crippen LogP contribution in [0.2, 0.25) is 0 Å². The molecule has 0 aliphatic heterocycles. The van der Waals surface area contributed by atoms with Crippen LogP contribution in [0.1, 0.15) is 34.4 Å². The molecule has 0 spiro atoms. The van der Waals surface area contributed by atoms with Gasteiger partial charge in [0, 0.05) is 18.3 Å². The van der Waals surface area contributed by atoms with Crippen LogP contribution in [0.15, 0.2) is 54.6 Å². The van der Waals surface area contributed by atoms with Gasteiger partial charge >= 0.3 is 0 Å². The second-order valence-electron chi connectivity index (χ2n) is 6.44. The van der Waals surface area contributed by atoms with E-state index in [1.165, 1.54) is 5.56 Å². The molecule has 1 heterocycles. The Morgan fingerprint density at radius 1 is 1.00 bits per heavy atom. The molecule has 0 saturated carbocycles. The summed E-state index contributed by atoms with van der Waals surface area (Å²) in [6.07, 6.45) is 0. The Bertz CT molecular complexity index is 938. The van der Waals surface area contributed by atoms with Crippen molar-refractivity contribution in [3.8, 4) is 5.75 Å². The van der Waals surface area contributed by atoms with Crippen LogP contribution >= 0.6 is 0 Å². The van der Waals surface area contributed by atoms with Crippen molar-refractivity contribution in [1.29, 1.82) is 0 Å². The van der Waals surface area contributed by atoms with Crippen LogP contribution < -0.4 is 15.4 Å². The third-order valence-corrected chi connectivity index (χ3v) is 4.08. The molecule has 1 amide bonds. The van der Waals surface area contributed by atoms with Crippen molar-refractivity contribution in [3.05, 3.63) is 77.2 Å². The van der Waals surface area contributed by atoms with E-state index in [2.05, 4.69) is 20.6 Å². The molecule has 0 fully saturated rings. The molecule has 0 bridgehead atoms. The number of carbonyl (C=O) groups is 1. The van der Waals surface area contributed by atoms with Gasteiger partial charge in [-0.3, -0.25) is 4.79 Å². The number of nitrogens with one attached hydrogen (secondary N) is 2. The molecule has 0 aliphatic rings. The highest BCUT2D eigenvalue weighted by Gasteiger charge is 2.11. The van der Waals surface area contributed by atoms with Crippen molar-refractivity contribution in [2.24, 2.45) is 0 Å². The number of rotatable bonds is 7. The van der Waals surface area contributed by atoms with Gasteiger partial charge in [-0.2, -0.15) is 0 Å². The molecular weight excluding hydrogens is 352 g/mol. The molecule has 144 valence electrons. The second kappa shape index (κ2) is 8.99. The quantitative estimate of drug-likeness (QED) is 0.647. The lowest BCUT2D eigenvalue weighted by Gasteiger charge is -2.10. The van der Waals surface area contributed by atoms with E-state index in [4.69, 9.17) is 4.74 Å². The number of amides is 1. The van der Waals surface area contributed by atoms with E-state index in [0.717, 1.165) is 17.0 Å². The first-order valence-electron chi connectivity index (χ1n) is 9.23. The number of aromatic nitrogens is 2. The number of benzene rings is 2. The lowest BCUT2D eigenvalue weighted by atomic mass is 10.1. The highest BCUT2D eigenvalue weighted by molar-refractivity contribution is 5.93. The summed E-state index contributed by atoms with van der Waals surface area (Å²) < 4.78 is 5.44. The van der Waals surface area contributed by atoms with Gasteiger partial charge in [-0.05, 0) is 50.6 Å². The van der Waals surface area contributed by atoms with E-state index in [0.29, 0.717) is 30.5 Å². The SMILES string of the molecule is CCOc1ccc(Nc2cc(C(=O)NCc3ccc(C)cc3)nc(C)n2)cc1. The topological polar surface area (TPSA) is 76.1 Å². The zero-order valence-corrected chi connectivity index (χ0v) is 16.3. The number of carbonyl (C=O) groups excluding carboxylic acids is 1. The number of hydrogen-bond acceptors (Lipinski definition) is 5. The molecule has 28 heavy (non-hydrogen) atoms. The van der Waals surface area contributed by atoms with Crippen LogP contribution in [0.4, 0.5) is 11.5 Å². The average Bonchev–Trinajstić information content (AvgIpc) is 2.68. The zero-order valence-electron chi connectivity index (χ0n) is 16.3. The number of aryl methyl sites for hydroxylation is 2. The number of hydrogen-bond donors (Lipinski definition) is 2. The predicted octanol–water partition coefficient (Wildman–Crippen LogP) is 4.17. The minimum absolute atomic E-state index is 0.235. The smallest absolute Gasteiger partial charge is 0.270 e. The van der Waals surface area contributed by atoms with E-state index in [1.54, 1.807) is 13.0 Å². The summed E-state index contributed by atoms with van der Waals surface area (Å²) in [5.74, 6) is 1.66. The molecule has 3 aromatic rings. The van der Waals surface area contributed by atoms with E-state index in [-0.39, 0.29) is 5.91 Å². The van der Waals surface area contributed by atoms with Crippen molar-refractivity contribution >= 4 is 17.4 Å². The van der Waals surface area contributed by atoms with Gasteiger partial charge in [0.2, 0.25) is 0 Å². The Morgan fingerprint density at radius 3 is 2.39 bits per heavy atom. The molecule has 0 radical (unpaired) electrons. The average molecular weight is 376 g/mol. The monoisotopic (exact) mass is 376 g/mol. The Kier molecular flexibility index (Phi) is 6.22. The summed E-state index contributed by atoms with van der Waals surface area (Å²) in [7, 11) is 0. The Balaban J connectivity index is 1.67. The van der Waals surface area contributed by atoms with Gasteiger partial charge in [0.25, 0.3) is 5.91 Å². The first-order valence-corrected chi connectivity index (χ1v) is 9.23. The first-order chi connectivity index (χ1) is 13.5. The summed E-state index contributed by atoms with van der Waals surface area (Å²) in [5, 5.41) is 6.10. The summed E-state index contributed by atoms with van der Waals surface area (Å²) in [4.78, 5) is 21.1. The minimum Gasteiger partial charge on any atom is -0.494 e. The largest absolute Gasteiger partial charge is 0.494 e. The fraction of sp³-hybridized carbons (Fsp3) is 0.227. The Hall–Kier alpha value is -3.41. The molecule has 0 saturated heterocycles. The predicted molar refractivity (Wildman–Crippen MR) is 110 cm³/mol. The maximum atomic E-state index is 12.5. The summed E-state index contributed by atoms with van der Waals surface area (Å²) >= 11 is 0. The molecule has 0 atom stereocenters. The fourth-order valence-electron chi connectivity index (χ4n) is 2.68. The summed E-state index contributed by atoms with van der Waals surface area (Å²) in [6, 6.07) is 17.3. The minimum atomic E-state index is -0.235. The molecule has 2 aromatic carbocycles. The van der Waals surface area contributed by atoms with Crippen molar-refractivity contribution < 1.29 is 9.53 Å². The molecule has 2 N–H and O–H groups in total. The zero-order chi connectivity index (χ0) is 19.9. The summed E-state index contributed by atoms with van der Waals surface area (Å²) in [5.41, 5.74) is 3.41. The molecule has 0 unspecified atom stereocenters. The van der Waals surface area contributed by atoms with Gasteiger partial charge in [0.15, 0.2) is 0 Å². The van der Waals surface area contributed by atoms with Crippen molar-refractivity contribution in [3.63, 3.8) is 0 Å². The standard InChI is InChI=1S/C22H24N4O2/c1-4-28-19-11-9-18(10-12-19)26-21-13-20(24-16(3)25-21)22(27)23-14-17-7-5-15(2)6-8-17/h5-13H,4,14H2,1-3H3,(H,23,27)(H,24,25,26). The van der Waals surface area contributed by atoms with Crippen molar-refractivity contribution in [2.75, 3.05) is 11.9 Å². The highest BCUT2D eigenvalue weighted by Crippen LogP contribution is 2.19. The third kappa shape index (κ3) is 5.30. The van der Waals surface area contributed by atoms with Gasteiger partial charge in [0.1, 0.15) is 23.1 Å². The van der Waals surface area contributed by atoms with E-state index >= 15 is 0 Å². The molecule has 0 aliphatic carbocycles. The van der Waals surface area contributed by atoms with Gasteiger partial charge in [-0.1, -0.05) is 29.8 Å². The van der Waals surface area contributed by atoms with Gasteiger partial charge in [0.05, 0.1) is 6.61 Å². The maximum absolute atomic E-state index is 12.5. The molecule has 6 nitrogen and oxygen atoms in total. The number of nitrogens with zero attached hydrogens (tertiary/aromatic N) is 2. The van der Waals surface area contributed by atoms with Crippen molar-refractivity contribution in [1.82, 2.24) is 15.3 Å². The van der Waals surface area contributed by atoms with E-state index < -0.39 is 0 Å². The van der Waals surface area contributed by atoms with Crippen LogP contribution in [0.3, 0.4) is 0 Å². The lowest BCUT2D eigenvalue weighted by molar-refractivity contribution is 0.0945. The number of anilines is 2. The van der Waals surface area contributed by atoms with E-state index in [9.17, 15) is 4.79 Å². The highest BCUT2D eigenvalue weighted by atomic mass is 16.5. The van der Waals surface area contributed by atoms with Crippen LogP contribution in [0.25, 0.3) is 0 Å². The second-order valence-corrected chi connectivity index (χ2v) is 6.44. The summed E-state index contributed by atoms with van der Waals surface area (Å²) in [6.45, 7) is 6.81. The van der Waals surface area contributed by atoms with Crippen LogP contribution in [-0.2, 0) is 6.54 Å². The van der Waals surface area contributed by atoms with Gasteiger partial charge in [-0.15, -0.1) is 0 Å². The first kappa shape index (κ1) is 19.4. The van der Waals surface area contributed by atoms with Crippen LogP contribution in [0.5, 0.6) is 5.75 Å². The Labute approximate surface area is 165 Å². The van der Waals surface area contributed by atoms with E-state index in [1.807, 2.05) is 62.4 Å². The van der Waals surface area contributed by atoms with Crippen LogP contribution in [0, 0.1) is 13.8 Å². The Morgan fingerprint density at radius 2 is 1.71 bits per heavy atom. The fourth-order valence-corrected chi connectivity index (χ4v) is 2.68. The number of ether oxygens (including phenoxy) is 1. The normalized spacial score (nSPS) is 10.4.